The van der Waals surface area contributed by atoms with Crippen LogP contribution < -0.4 is 0 Å². The minimum atomic E-state index is 0.488. The van der Waals surface area contributed by atoms with Gasteiger partial charge < -0.3 is 0 Å². The summed E-state index contributed by atoms with van der Waals surface area (Å²) in [6.45, 7) is 16.8. The fourth-order valence-electron chi connectivity index (χ4n) is 2.24. The monoisotopic (exact) mass is 269 g/mol. The number of nitrogens with zero attached hydrogens (tertiary/aromatic N) is 1. The van der Waals surface area contributed by atoms with Crippen LogP contribution in [0.15, 0.2) is 0 Å². The summed E-state index contributed by atoms with van der Waals surface area (Å²) in [4.78, 5) is 2.28. The predicted molar refractivity (Wildman–Crippen MR) is 91.6 cm³/mol. The summed E-state index contributed by atoms with van der Waals surface area (Å²) in [5.41, 5.74) is 0.488. The lowest BCUT2D eigenvalue weighted by Crippen LogP contribution is -2.35. The van der Waals surface area contributed by atoms with Gasteiger partial charge in [-0.15, -0.1) is 6.42 Å². The fourth-order valence-corrected chi connectivity index (χ4v) is 2.24. The first-order valence-corrected chi connectivity index (χ1v) is 8.26. The molecule has 19 heavy (non-hydrogen) atoms. The lowest BCUT2D eigenvalue weighted by atomic mass is 9.77. The summed E-state index contributed by atoms with van der Waals surface area (Å²) >= 11 is 0. The van der Waals surface area contributed by atoms with E-state index < -0.39 is 0 Å². The number of terminal acetylenes is 1. The maximum Gasteiger partial charge on any atom is 0.0596 e. The Morgan fingerprint density at radius 2 is 1.47 bits per heavy atom. The zero-order chi connectivity index (χ0) is 15.7. The van der Waals surface area contributed by atoms with Crippen molar-refractivity contribution in [1.29, 1.82) is 0 Å². The first-order valence-electron chi connectivity index (χ1n) is 8.26. The molecule has 0 saturated heterocycles. The van der Waals surface area contributed by atoms with E-state index in [1.165, 1.54) is 32.1 Å². The Balaban J connectivity index is -0.000000579. The van der Waals surface area contributed by atoms with E-state index in [2.05, 4.69) is 38.6 Å². The van der Waals surface area contributed by atoms with Gasteiger partial charge in [-0.25, -0.2) is 0 Å². The highest BCUT2D eigenvalue weighted by molar-refractivity contribution is 4.89. The van der Waals surface area contributed by atoms with Crippen molar-refractivity contribution in [3.63, 3.8) is 0 Å². The quantitative estimate of drug-likeness (QED) is 0.518. The Hall–Kier alpha value is -0.480. The van der Waals surface area contributed by atoms with Crippen LogP contribution in [0.25, 0.3) is 0 Å². The van der Waals surface area contributed by atoms with Crippen molar-refractivity contribution in [3.05, 3.63) is 0 Å². The molecular weight excluding hydrogens is 230 g/mol. The molecule has 0 unspecified atom stereocenters. The van der Waals surface area contributed by atoms with Crippen molar-refractivity contribution in [2.45, 2.75) is 80.6 Å². The zero-order valence-electron chi connectivity index (χ0n) is 15.0. The van der Waals surface area contributed by atoms with Gasteiger partial charge in [0.2, 0.25) is 0 Å². The van der Waals surface area contributed by atoms with Crippen LogP contribution in [0.1, 0.15) is 80.6 Å². The summed E-state index contributed by atoms with van der Waals surface area (Å²) in [5, 5.41) is 0. The average Bonchev–Trinajstić information content (AvgIpc) is 2.48. The molecule has 0 amide bonds. The van der Waals surface area contributed by atoms with E-state index in [1.807, 2.05) is 27.7 Å². The molecule has 0 N–H and O–H groups in total. The number of hydrogen-bond acceptors (Lipinski definition) is 1. The molecule has 0 heterocycles. The average molecular weight is 270 g/mol. The first kappa shape index (κ1) is 23.6. The van der Waals surface area contributed by atoms with Crippen LogP contribution in [0.5, 0.6) is 0 Å². The third kappa shape index (κ3) is 12.3. The van der Waals surface area contributed by atoms with E-state index in [4.69, 9.17) is 6.42 Å². The molecule has 0 aromatic rings. The van der Waals surface area contributed by atoms with Crippen molar-refractivity contribution in [2.24, 2.45) is 5.41 Å². The molecule has 0 atom stereocenters. The van der Waals surface area contributed by atoms with Gasteiger partial charge >= 0.3 is 0 Å². The van der Waals surface area contributed by atoms with Crippen LogP contribution >= 0.6 is 0 Å². The summed E-state index contributed by atoms with van der Waals surface area (Å²) in [6, 6.07) is 0. The van der Waals surface area contributed by atoms with Gasteiger partial charge in [0.05, 0.1) is 6.54 Å². The Labute approximate surface area is 124 Å². The van der Waals surface area contributed by atoms with Crippen LogP contribution in [0.3, 0.4) is 0 Å². The Morgan fingerprint density at radius 1 is 1.00 bits per heavy atom. The van der Waals surface area contributed by atoms with E-state index >= 15 is 0 Å². The Kier molecular flexibility index (Phi) is 21.8. The van der Waals surface area contributed by atoms with Crippen LogP contribution in [-0.4, -0.2) is 25.0 Å². The van der Waals surface area contributed by atoms with Crippen molar-refractivity contribution in [1.82, 2.24) is 4.90 Å². The summed E-state index contributed by atoms with van der Waals surface area (Å²) in [6.07, 6.45) is 11.8. The normalized spacial score (nSPS) is 9.89. The van der Waals surface area contributed by atoms with Crippen LogP contribution in [-0.2, 0) is 0 Å². The van der Waals surface area contributed by atoms with Gasteiger partial charge in [-0.3, -0.25) is 4.90 Å². The molecule has 0 bridgehead atoms. The van der Waals surface area contributed by atoms with E-state index in [-0.39, 0.29) is 0 Å². The third-order valence-electron chi connectivity index (χ3n) is 3.53. The second kappa shape index (κ2) is 17.5. The molecule has 1 heteroatoms. The molecule has 0 aliphatic heterocycles. The lowest BCUT2D eigenvalue weighted by Gasteiger charge is -2.35. The maximum atomic E-state index is 5.34. The number of unbranched alkanes of at least 4 members (excludes halogenated alkanes) is 1. The van der Waals surface area contributed by atoms with Crippen LogP contribution in [0.2, 0.25) is 0 Å². The first-order chi connectivity index (χ1) is 9.14. The molecule has 0 aromatic carbocycles. The number of hydrogen-bond donors (Lipinski definition) is 0. The predicted octanol–water partition coefficient (Wildman–Crippen LogP) is 5.60. The summed E-state index contributed by atoms with van der Waals surface area (Å²) in [7, 11) is 2.13. The SMILES string of the molecule is C#CCN(C)CC(CC)(CC)CCCC.CC.CC. The smallest absolute Gasteiger partial charge is 0.0596 e. The lowest BCUT2D eigenvalue weighted by molar-refractivity contribution is 0.154. The topological polar surface area (TPSA) is 3.24 Å². The van der Waals surface area contributed by atoms with Gasteiger partial charge in [0.25, 0.3) is 0 Å². The standard InChI is InChI=1S/C14H27N.2C2H6/c1-6-10-11-14(8-3,9-4)13-15(5)12-7-2;2*1-2/h2H,6,8-13H2,1,3-5H3;2*1-2H3. The molecule has 0 fully saturated rings. The van der Waals surface area contributed by atoms with Crippen molar-refractivity contribution >= 4 is 0 Å². The van der Waals surface area contributed by atoms with Crippen molar-refractivity contribution in [2.75, 3.05) is 20.1 Å². The van der Waals surface area contributed by atoms with E-state index in [9.17, 15) is 0 Å². The van der Waals surface area contributed by atoms with Gasteiger partial charge in [0, 0.05) is 6.54 Å². The molecule has 116 valence electrons. The van der Waals surface area contributed by atoms with E-state index in [1.54, 1.807) is 0 Å². The van der Waals surface area contributed by atoms with Gasteiger partial charge in [0.1, 0.15) is 0 Å². The Morgan fingerprint density at radius 3 is 1.79 bits per heavy atom. The van der Waals surface area contributed by atoms with Crippen molar-refractivity contribution < 1.29 is 0 Å². The molecule has 1 nitrogen and oxygen atoms in total. The highest BCUT2D eigenvalue weighted by Gasteiger charge is 2.26. The molecule has 0 aromatic heterocycles. The van der Waals surface area contributed by atoms with E-state index in [0.717, 1.165) is 13.1 Å². The molecule has 0 spiro atoms. The third-order valence-corrected chi connectivity index (χ3v) is 3.53. The minimum Gasteiger partial charge on any atom is -0.295 e. The van der Waals surface area contributed by atoms with Crippen LogP contribution in [0.4, 0.5) is 0 Å². The maximum absolute atomic E-state index is 5.34. The fraction of sp³-hybridized carbons (Fsp3) is 0.889. The molecule has 0 aliphatic rings. The highest BCUT2D eigenvalue weighted by atomic mass is 15.1. The Bertz CT molecular complexity index is 186. The summed E-state index contributed by atoms with van der Waals surface area (Å²) < 4.78 is 0. The summed E-state index contributed by atoms with van der Waals surface area (Å²) in [5.74, 6) is 2.72. The van der Waals surface area contributed by atoms with Gasteiger partial charge in [-0.2, -0.15) is 0 Å². The molecule has 0 radical (unpaired) electrons. The van der Waals surface area contributed by atoms with Gasteiger partial charge in [-0.05, 0) is 31.7 Å². The second-order valence-electron chi connectivity index (χ2n) is 4.69. The van der Waals surface area contributed by atoms with Gasteiger partial charge in [-0.1, -0.05) is 67.2 Å². The van der Waals surface area contributed by atoms with Gasteiger partial charge in [0.15, 0.2) is 0 Å². The van der Waals surface area contributed by atoms with Crippen molar-refractivity contribution in [3.8, 4) is 12.3 Å². The molecule has 0 rings (SSSR count). The van der Waals surface area contributed by atoms with E-state index in [0.29, 0.717) is 5.41 Å². The number of rotatable bonds is 8. The second-order valence-corrected chi connectivity index (χ2v) is 4.69. The minimum absolute atomic E-state index is 0.488. The largest absolute Gasteiger partial charge is 0.295 e. The zero-order valence-corrected chi connectivity index (χ0v) is 15.0. The molecule has 0 aliphatic carbocycles. The molecule has 0 saturated carbocycles. The highest BCUT2D eigenvalue weighted by Crippen LogP contribution is 2.33. The molecular formula is C18H39N. The van der Waals surface area contributed by atoms with Crippen LogP contribution in [0, 0.1) is 17.8 Å².